The maximum absolute atomic E-state index is 5.81. The van der Waals surface area contributed by atoms with Crippen LogP contribution in [0.3, 0.4) is 0 Å². The minimum atomic E-state index is 0.119. The zero-order chi connectivity index (χ0) is 18.0. The van der Waals surface area contributed by atoms with Gasteiger partial charge in [0.2, 0.25) is 0 Å². The van der Waals surface area contributed by atoms with Crippen LogP contribution in [0.1, 0.15) is 52.9 Å². The summed E-state index contributed by atoms with van der Waals surface area (Å²) < 4.78 is 11.1. The van der Waals surface area contributed by atoms with Crippen LogP contribution >= 0.6 is 0 Å². The molecule has 2 N–H and O–H groups in total. The van der Waals surface area contributed by atoms with Crippen molar-refractivity contribution in [2.45, 2.75) is 64.5 Å². The fraction of sp³-hybridized carbons (Fsp3) is 0.947. The molecule has 0 spiro atoms. The van der Waals surface area contributed by atoms with E-state index in [-0.39, 0.29) is 5.54 Å². The molecule has 2 fully saturated rings. The number of likely N-dealkylation sites (tertiary alicyclic amines) is 1. The van der Waals surface area contributed by atoms with Gasteiger partial charge in [-0.25, -0.2) is 0 Å². The van der Waals surface area contributed by atoms with Gasteiger partial charge in [-0.05, 0) is 59.5 Å². The average molecular weight is 355 g/mol. The summed E-state index contributed by atoms with van der Waals surface area (Å²) in [6, 6.07) is 0. The van der Waals surface area contributed by atoms with E-state index in [1.54, 1.807) is 0 Å². The maximum atomic E-state index is 5.81. The number of hydrogen-bond donors (Lipinski definition) is 2. The minimum Gasteiger partial charge on any atom is -0.379 e. The quantitative estimate of drug-likeness (QED) is 0.377. The van der Waals surface area contributed by atoms with E-state index in [1.807, 2.05) is 0 Å². The Balaban J connectivity index is 1.69. The van der Waals surface area contributed by atoms with Gasteiger partial charge in [0.15, 0.2) is 5.96 Å². The van der Waals surface area contributed by atoms with E-state index < -0.39 is 0 Å². The van der Waals surface area contributed by atoms with Crippen LogP contribution in [0.2, 0.25) is 0 Å². The summed E-state index contributed by atoms with van der Waals surface area (Å²) in [6.07, 6.45) is 6.32. The molecule has 0 bridgehead atoms. The largest absolute Gasteiger partial charge is 0.379 e. The molecule has 1 atom stereocenters. The molecule has 146 valence electrons. The van der Waals surface area contributed by atoms with Crippen molar-refractivity contribution < 1.29 is 9.47 Å². The van der Waals surface area contributed by atoms with Gasteiger partial charge >= 0.3 is 0 Å². The van der Waals surface area contributed by atoms with Gasteiger partial charge in [0.05, 0.1) is 19.3 Å². The molecule has 2 rings (SSSR count). The smallest absolute Gasteiger partial charge is 0.191 e. The number of aliphatic imine (C=N–C) groups is 1. The predicted octanol–water partition coefficient (Wildman–Crippen LogP) is 2.00. The van der Waals surface area contributed by atoms with Crippen LogP contribution in [0.4, 0.5) is 0 Å². The molecule has 1 unspecified atom stereocenters. The first kappa shape index (κ1) is 20.5. The van der Waals surface area contributed by atoms with Gasteiger partial charge < -0.3 is 20.1 Å². The van der Waals surface area contributed by atoms with Crippen LogP contribution in [0.5, 0.6) is 0 Å². The lowest BCUT2D eigenvalue weighted by molar-refractivity contribution is 0.0420. The van der Waals surface area contributed by atoms with Crippen molar-refractivity contribution >= 4 is 5.96 Å². The molecule has 2 aliphatic rings. The number of hydrogen-bond acceptors (Lipinski definition) is 4. The molecule has 2 saturated heterocycles. The standard InChI is InChI=1S/C19H38N4O2/c1-4-20-18(21-10-8-13-25-17-9-14-24-15-17)22-16-19(2,3)23-11-6-5-7-12-23/h17H,4-16H2,1-3H3,(H2,20,21,22). The van der Waals surface area contributed by atoms with Crippen LogP contribution in [-0.4, -0.2) is 75.0 Å². The highest BCUT2D eigenvalue weighted by Gasteiger charge is 2.27. The van der Waals surface area contributed by atoms with Gasteiger partial charge in [-0.3, -0.25) is 9.89 Å². The van der Waals surface area contributed by atoms with Crippen LogP contribution < -0.4 is 10.6 Å². The van der Waals surface area contributed by atoms with E-state index in [0.717, 1.165) is 58.3 Å². The topological polar surface area (TPSA) is 58.1 Å². The summed E-state index contributed by atoms with van der Waals surface area (Å²) in [4.78, 5) is 7.41. The lowest BCUT2D eigenvalue weighted by Gasteiger charge is -2.40. The van der Waals surface area contributed by atoms with Crippen molar-refractivity contribution in [3.63, 3.8) is 0 Å². The van der Waals surface area contributed by atoms with Gasteiger partial charge in [0, 0.05) is 31.8 Å². The first-order valence-corrected chi connectivity index (χ1v) is 10.1. The van der Waals surface area contributed by atoms with Crippen molar-refractivity contribution in [1.82, 2.24) is 15.5 Å². The van der Waals surface area contributed by atoms with Crippen molar-refractivity contribution in [3.05, 3.63) is 0 Å². The summed E-state index contributed by atoms with van der Waals surface area (Å²) in [6.45, 7) is 14.1. The second kappa shape index (κ2) is 11.0. The van der Waals surface area contributed by atoms with E-state index in [2.05, 4.69) is 36.3 Å². The fourth-order valence-corrected chi connectivity index (χ4v) is 3.39. The van der Waals surface area contributed by atoms with Crippen LogP contribution in [0.25, 0.3) is 0 Å². The molecule has 6 heteroatoms. The van der Waals surface area contributed by atoms with Crippen molar-refractivity contribution in [1.29, 1.82) is 0 Å². The van der Waals surface area contributed by atoms with Crippen LogP contribution in [0, 0.1) is 0 Å². The summed E-state index contributed by atoms with van der Waals surface area (Å²) in [5.74, 6) is 0.914. The molecule has 2 aliphatic heterocycles. The summed E-state index contributed by atoms with van der Waals surface area (Å²) >= 11 is 0. The molecule has 0 aromatic rings. The molecule has 0 aromatic heterocycles. The van der Waals surface area contributed by atoms with Gasteiger partial charge in [-0.1, -0.05) is 6.42 Å². The lowest BCUT2D eigenvalue weighted by atomic mass is 9.99. The van der Waals surface area contributed by atoms with Gasteiger partial charge in [0.25, 0.3) is 0 Å². The number of piperidine rings is 1. The van der Waals surface area contributed by atoms with Crippen LogP contribution in [-0.2, 0) is 9.47 Å². The monoisotopic (exact) mass is 354 g/mol. The van der Waals surface area contributed by atoms with E-state index in [9.17, 15) is 0 Å². The Labute approximate surface area is 153 Å². The third-order valence-electron chi connectivity index (χ3n) is 5.04. The summed E-state index contributed by atoms with van der Waals surface area (Å²) in [7, 11) is 0. The number of rotatable bonds is 9. The Morgan fingerprint density at radius 3 is 2.72 bits per heavy atom. The van der Waals surface area contributed by atoms with E-state index in [1.165, 1.54) is 32.4 Å². The Morgan fingerprint density at radius 1 is 1.24 bits per heavy atom. The zero-order valence-electron chi connectivity index (χ0n) is 16.5. The Morgan fingerprint density at radius 2 is 2.04 bits per heavy atom. The van der Waals surface area contributed by atoms with E-state index >= 15 is 0 Å². The highest BCUT2D eigenvalue weighted by Crippen LogP contribution is 2.20. The highest BCUT2D eigenvalue weighted by molar-refractivity contribution is 5.79. The number of ether oxygens (including phenoxy) is 2. The first-order chi connectivity index (χ1) is 12.1. The Hall–Kier alpha value is -0.850. The molecule has 6 nitrogen and oxygen atoms in total. The first-order valence-electron chi connectivity index (χ1n) is 10.1. The van der Waals surface area contributed by atoms with Crippen molar-refractivity contribution in [2.24, 2.45) is 4.99 Å². The molecule has 2 heterocycles. The Kier molecular flexibility index (Phi) is 8.99. The maximum Gasteiger partial charge on any atom is 0.191 e. The molecule has 0 aliphatic carbocycles. The molecule has 25 heavy (non-hydrogen) atoms. The van der Waals surface area contributed by atoms with Crippen molar-refractivity contribution in [2.75, 3.05) is 52.5 Å². The fourth-order valence-electron chi connectivity index (χ4n) is 3.39. The van der Waals surface area contributed by atoms with Gasteiger partial charge in [0.1, 0.15) is 0 Å². The summed E-state index contributed by atoms with van der Waals surface area (Å²) in [5, 5.41) is 6.78. The summed E-state index contributed by atoms with van der Waals surface area (Å²) in [5.41, 5.74) is 0.119. The van der Waals surface area contributed by atoms with E-state index in [0.29, 0.717) is 6.10 Å². The molecular formula is C19H38N4O2. The van der Waals surface area contributed by atoms with E-state index in [4.69, 9.17) is 14.5 Å². The third-order valence-corrected chi connectivity index (χ3v) is 5.04. The molecular weight excluding hydrogens is 316 g/mol. The lowest BCUT2D eigenvalue weighted by Crippen LogP contribution is -2.49. The molecule has 0 saturated carbocycles. The molecule has 0 aromatic carbocycles. The average Bonchev–Trinajstić information content (AvgIpc) is 3.13. The van der Waals surface area contributed by atoms with Gasteiger partial charge in [-0.2, -0.15) is 0 Å². The molecule has 0 amide bonds. The second-order valence-electron chi connectivity index (χ2n) is 7.69. The normalized spacial score (nSPS) is 23.0. The molecule has 0 radical (unpaired) electrons. The van der Waals surface area contributed by atoms with Crippen molar-refractivity contribution in [3.8, 4) is 0 Å². The highest BCUT2D eigenvalue weighted by atomic mass is 16.5. The SMILES string of the molecule is CCNC(=NCC(C)(C)N1CCCCC1)NCCCOC1CCOC1. The van der Waals surface area contributed by atoms with Crippen LogP contribution in [0.15, 0.2) is 4.99 Å². The van der Waals surface area contributed by atoms with Gasteiger partial charge in [-0.15, -0.1) is 0 Å². The Bertz CT molecular complexity index is 389. The third kappa shape index (κ3) is 7.50. The number of nitrogens with zero attached hydrogens (tertiary/aromatic N) is 2. The zero-order valence-corrected chi connectivity index (χ0v) is 16.5. The minimum absolute atomic E-state index is 0.119. The number of nitrogens with one attached hydrogen (secondary N) is 2. The second-order valence-corrected chi connectivity index (χ2v) is 7.69. The predicted molar refractivity (Wildman–Crippen MR) is 103 cm³/mol. The number of guanidine groups is 1.